The molecule has 21 heavy (non-hydrogen) atoms. The van der Waals surface area contributed by atoms with Crippen molar-refractivity contribution in [3.8, 4) is 0 Å². The minimum Gasteiger partial charge on any atom is -0.480 e. The summed E-state index contributed by atoms with van der Waals surface area (Å²) in [6.45, 7) is 5.53. The smallest absolute Gasteiger partial charge is 0.326 e. The maximum atomic E-state index is 12.3. The number of carboxylic acid groups (broad SMARTS) is 1. The van der Waals surface area contributed by atoms with Crippen LogP contribution in [0, 0.1) is 5.92 Å². The third kappa shape index (κ3) is 3.07. The topological polar surface area (TPSA) is 79.5 Å². The van der Waals surface area contributed by atoms with E-state index in [2.05, 4.69) is 5.32 Å². The van der Waals surface area contributed by atoms with Gasteiger partial charge in [0.1, 0.15) is 17.9 Å². The van der Waals surface area contributed by atoms with Gasteiger partial charge in [-0.3, -0.25) is 4.79 Å². The van der Waals surface area contributed by atoms with Gasteiger partial charge in [0, 0.05) is 5.39 Å². The van der Waals surface area contributed by atoms with Crippen LogP contribution >= 0.6 is 0 Å². The van der Waals surface area contributed by atoms with Crippen molar-refractivity contribution in [2.75, 3.05) is 0 Å². The van der Waals surface area contributed by atoms with Crippen LogP contribution in [0.3, 0.4) is 0 Å². The summed E-state index contributed by atoms with van der Waals surface area (Å²) in [4.78, 5) is 23.5. The lowest BCUT2D eigenvalue weighted by atomic mass is 10.0. The Labute approximate surface area is 122 Å². The van der Waals surface area contributed by atoms with E-state index in [0.29, 0.717) is 16.5 Å². The summed E-state index contributed by atoms with van der Waals surface area (Å²) in [5.74, 6) is -1.67. The molecule has 0 saturated heterocycles. The Balaban J connectivity index is 2.33. The Morgan fingerprint density at radius 3 is 2.62 bits per heavy atom. The molecule has 1 atom stereocenters. The number of carbonyl (C=O) groups excluding carboxylic acids is 1. The van der Waals surface area contributed by atoms with Gasteiger partial charge in [-0.05, 0) is 30.0 Å². The van der Waals surface area contributed by atoms with Crippen molar-refractivity contribution in [2.24, 2.45) is 5.92 Å². The molecular weight excluding hydrogens is 270 g/mol. The molecule has 1 heterocycles. The minimum atomic E-state index is -1.04. The fraction of sp³-hybridized carbons (Fsp3) is 0.375. The monoisotopic (exact) mass is 289 g/mol. The number of hydrogen-bond donors (Lipinski definition) is 2. The van der Waals surface area contributed by atoms with Gasteiger partial charge < -0.3 is 14.8 Å². The first-order chi connectivity index (χ1) is 9.93. The second-order valence-corrected chi connectivity index (χ2v) is 5.37. The molecule has 0 radical (unpaired) electrons. The van der Waals surface area contributed by atoms with Gasteiger partial charge in [0.15, 0.2) is 0 Å². The number of nitrogens with one attached hydrogen (secondary N) is 1. The van der Waals surface area contributed by atoms with Crippen LogP contribution in [0.4, 0.5) is 0 Å². The second kappa shape index (κ2) is 5.99. The van der Waals surface area contributed by atoms with E-state index in [1.807, 2.05) is 25.1 Å². The number of carbonyl (C=O) groups is 2. The quantitative estimate of drug-likeness (QED) is 0.887. The van der Waals surface area contributed by atoms with Crippen LogP contribution in [-0.2, 0) is 11.2 Å². The molecule has 5 heteroatoms. The summed E-state index contributed by atoms with van der Waals surface area (Å²) in [6, 6.07) is 4.75. The Morgan fingerprint density at radius 1 is 1.33 bits per heavy atom. The molecule has 0 aliphatic carbocycles. The highest BCUT2D eigenvalue weighted by atomic mass is 16.4. The van der Waals surface area contributed by atoms with Gasteiger partial charge in [-0.2, -0.15) is 0 Å². The van der Waals surface area contributed by atoms with E-state index in [0.717, 1.165) is 12.0 Å². The van der Waals surface area contributed by atoms with E-state index in [-0.39, 0.29) is 5.92 Å². The fourth-order valence-electron chi connectivity index (χ4n) is 2.20. The summed E-state index contributed by atoms with van der Waals surface area (Å²) in [5, 5.41) is 12.4. The van der Waals surface area contributed by atoms with Crippen molar-refractivity contribution < 1.29 is 19.1 Å². The Kier molecular flexibility index (Phi) is 4.31. The van der Waals surface area contributed by atoms with Crippen molar-refractivity contribution in [1.29, 1.82) is 0 Å². The number of carboxylic acids is 1. The van der Waals surface area contributed by atoms with Gasteiger partial charge in [-0.15, -0.1) is 0 Å². The molecule has 0 spiro atoms. The molecule has 0 saturated carbocycles. The van der Waals surface area contributed by atoms with E-state index in [4.69, 9.17) is 9.52 Å². The van der Waals surface area contributed by atoms with Crippen molar-refractivity contribution in [1.82, 2.24) is 5.32 Å². The molecule has 1 aromatic carbocycles. The second-order valence-electron chi connectivity index (χ2n) is 5.37. The average Bonchev–Trinajstić information content (AvgIpc) is 2.86. The van der Waals surface area contributed by atoms with E-state index in [1.54, 1.807) is 13.8 Å². The Morgan fingerprint density at radius 2 is 2.05 bits per heavy atom. The zero-order chi connectivity index (χ0) is 15.6. The van der Waals surface area contributed by atoms with Crippen LogP contribution in [0.15, 0.2) is 28.9 Å². The fourth-order valence-corrected chi connectivity index (χ4v) is 2.20. The molecule has 1 amide bonds. The van der Waals surface area contributed by atoms with E-state index in [9.17, 15) is 9.59 Å². The molecule has 5 nitrogen and oxygen atoms in total. The lowest BCUT2D eigenvalue weighted by Crippen LogP contribution is -2.44. The summed E-state index contributed by atoms with van der Waals surface area (Å²) >= 11 is 0. The molecular formula is C16H19NO4. The van der Waals surface area contributed by atoms with Crippen LogP contribution in [-0.4, -0.2) is 23.0 Å². The Hall–Kier alpha value is -2.30. The zero-order valence-corrected chi connectivity index (χ0v) is 12.3. The standard InChI is InChI=1S/C16H19NO4/c1-4-10-5-6-13-11(7-10)12(8-21-13)15(18)17-14(9(2)3)16(19)20/h5-9,14H,4H2,1-3H3,(H,17,18)(H,19,20). The summed E-state index contributed by atoms with van der Waals surface area (Å²) in [7, 11) is 0. The summed E-state index contributed by atoms with van der Waals surface area (Å²) in [6.07, 6.45) is 2.23. The molecule has 0 fully saturated rings. The van der Waals surface area contributed by atoms with E-state index < -0.39 is 17.9 Å². The number of aryl methyl sites for hydroxylation is 1. The van der Waals surface area contributed by atoms with Gasteiger partial charge >= 0.3 is 5.97 Å². The third-order valence-electron chi connectivity index (χ3n) is 3.51. The van der Waals surface area contributed by atoms with Crippen molar-refractivity contribution in [3.63, 3.8) is 0 Å². The van der Waals surface area contributed by atoms with Crippen LogP contribution in [0.1, 0.15) is 36.7 Å². The number of hydrogen-bond acceptors (Lipinski definition) is 3. The molecule has 2 aromatic rings. The van der Waals surface area contributed by atoms with Crippen LogP contribution in [0.25, 0.3) is 11.0 Å². The maximum Gasteiger partial charge on any atom is 0.326 e. The predicted molar refractivity (Wildman–Crippen MR) is 79.3 cm³/mol. The Bertz CT molecular complexity index is 672. The highest BCUT2D eigenvalue weighted by Crippen LogP contribution is 2.23. The first-order valence-electron chi connectivity index (χ1n) is 6.97. The van der Waals surface area contributed by atoms with Crippen LogP contribution in [0.2, 0.25) is 0 Å². The minimum absolute atomic E-state index is 0.198. The maximum absolute atomic E-state index is 12.3. The molecule has 2 N–H and O–H groups in total. The van der Waals surface area contributed by atoms with Gasteiger partial charge in [0.05, 0.1) is 5.56 Å². The van der Waals surface area contributed by atoms with Crippen molar-refractivity contribution >= 4 is 22.8 Å². The SMILES string of the molecule is CCc1ccc2occ(C(=O)NC(C(=O)O)C(C)C)c2c1. The summed E-state index contributed by atoms with van der Waals surface area (Å²) < 4.78 is 5.36. The zero-order valence-electron chi connectivity index (χ0n) is 12.3. The normalized spacial score (nSPS) is 12.6. The van der Waals surface area contributed by atoms with Crippen molar-refractivity contribution in [3.05, 3.63) is 35.6 Å². The van der Waals surface area contributed by atoms with Crippen LogP contribution in [0.5, 0.6) is 0 Å². The van der Waals surface area contributed by atoms with E-state index in [1.165, 1.54) is 6.26 Å². The van der Waals surface area contributed by atoms with E-state index >= 15 is 0 Å². The van der Waals surface area contributed by atoms with Crippen molar-refractivity contribution in [2.45, 2.75) is 33.2 Å². The number of aliphatic carboxylic acids is 1. The molecule has 0 aliphatic rings. The predicted octanol–water partition coefficient (Wildman–Crippen LogP) is 2.83. The molecule has 0 aliphatic heterocycles. The molecule has 1 unspecified atom stereocenters. The molecule has 112 valence electrons. The average molecular weight is 289 g/mol. The van der Waals surface area contributed by atoms with Gasteiger partial charge in [0.25, 0.3) is 5.91 Å². The third-order valence-corrected chi connectivity index (χ3v) is 3.51. The highest BCUT2D eigenvalue weighted by molar-refractivity contribution is 6.07. The van der Waals surface area contributed by atoms with Gasteiger partial charge in [-0.1, -0.05) is 26.8 Å². The first-order valence-corrected chi connectivity index (χ1v) is 6.97. The lowest BCUT2D eigenvalue weighted by Gasteiger charge is -2.17. The summed E-state index contributed by atoms with van der Waals surface area (Å²) in [5.41, 5.74) is 2.08. The molecule has 2 rings (SSSR count). The largest absolute Gasteiger partial charge is 0.480 e. The number of benzene rings is 1. The van der Waals surface area contributed by atoms with Gasteiger partial charge in [0.2, 0.25) is 0 Å². The molecule has 1 aromatic heterocycles. The number of fused-ring (bicyclic) bond motifs is 1. The lowest BCUT2D eigenvalue weighted by molar-refractivity contribution is -0.140. The number of furan rings is 1. The van der Waals surface area contributed by atoms with Crippen LogP contribution < -0.4 is 5.32 Å². The van der Waals surface area contributed by atoms with Gasteiger partial charge in [-0.25, -0.2) is 4.79 Å². The number of rotatable bonds is 5. The highest BCUT2D eigenvalue weighted by Gasteiger charge is 2.25. The first kappa shape index (κ1) is 15.1. The molecule has 0 bridgehead atoms. The number of amides is 1.